The summed E-state index contributed by atoms with van der Waals surface area (Å²) in [6.45, 7) is 4.68. The third-order valence-electron chi connectivity index (χ3n) is 5.76. The zero-order valence-electron chi connectivity index (χ0n) is 15.4. The monoisotopic (exact) mass is 347 g/mol. The predicted molar refractivity (Wildman–Crippen MR) is 104 cm³/mol. The molecule has 26 heavy (non-hydrogen) atoms. The summed E-state index contributed by atoms with van der Waals surface area (Å²) in [6, 6.07) is 16.8. The molecule has 2 aliphatic rings. The van der Waals surface area contributed by atoms with Crippen molar-refractivity contribution in [3.63, 3.8) is 0 Å². The summed E-state index contributed by atoms with van der Waals surface area (Å²) in [5.41, 5.74) is 6.40. The van der Waals surface area contributed by atoms with Crippen molar-refractivity contribution in [3.8, 4) is 0 Å². The van der Waals surface area contributed by atoms with Crippen molar-refractivity contribution in [1.82, 2.24) is 4.90 Å². The molecule has 2 unspecified atom stereocenters. The summed E-state index contributed by atoms with van der Waals surface area (Å²) in [5, 5.41) is 0. The van der Waals surface area contributed by atoms with Gasteiger partial charge in [0.2, 0.25) is 0 Å². The van der Waals surface area contributed by atoms with Crippen LogP contribution < -0.4 is 0 Å². The molecule has 1 amide bonds. The number of rotatable bonds is 3. The van der Waals surface area contributed by atoms with Crippen LogP contribution in [0, 0.1) is 13.8 Å². The van der Waals surface area contributed by atoms with E-state index in [1.165, 1.54) is 22.3 Å². The Balaban J connectivity index is 1.50. The second kappa shape index (κ2) is 6.99. The number of carbonyl (C=O) groups is 1. The number of ether oxygens (including phenoxy) is 1. The normalized spacial score (nSPS) is 21.5. The van der Waals surface area contributed by atoms with E-state index < -0.39 is 0 Å². The molecule has 0 N–H and O–H groups in total. The van der Waals surface area contributed by atoms with Gasteiger partial charge in [0.15, 0.2) is 0 Å². The van der Waals surface area contributed by atoms with Crippen molar-refractivity contribution in [2.24, 2.45) is 0 Å². The molecule has 2 aromatic rings. The highest BCUT2D eigenvalue weighted by molar-refractivity contribution is 5.76. The number of carbonyl (C=O) groups excluding carboxylic acids is 1. The minimum Gasteiger partial charge on any atom is -0.445 e. The zero-order valence-corrected chi connectivity index (χ0v) is 15.4. The fraction of sp³-hybridized carbons (Fsp3) is 0.348. The van der Waals surface area contributed by atoms with E-state index in [0.29, 0.717) is 6.61 Å². The van der Waals surface area contributed by atoms with Gasteiger partial charge >= 0.3 is 6.09 Å². The molecular formula is C23H25NO2. The first-order valence-corrected chi connectivity index (χ1v) is 9.40. The number of hydrogen-bond acceptors (Lipinski definition) is 2. The first-order chi connectivity index (χ1) is 12.6. The van der Waals surface area contributed by atoms with Gasteiger partial charge in [-0.15, -0.1) is 0 Å². The summed E-state index contributed by atoms with van der Waals surface area (Å²) in [5.74, 6) is 0. The lowest BCUT2D eigenvalue weighted by Crippen LogP contribution is -2.43. The second-order valence-electron chi connectivity index (χ2n) is 7.39. The van der Waals surface area contributed by atoms with Crippen LogP contribution in [0.5, 0.6) is 0 Å². The minimum absolute atomic E-state index is 0.159. The largest absolute Gasteiger partial charge is 0.445 e. The topological polar surface area (TPSA) is 29.5 Å². The molecule has 0 spiro atoms. The molecule has 2 atom stereocenters. The Morgan fingerprint density at radius 1 is 1.08 bits per heavy atom. The van der Waals surface area contributed by atoms with Crippen molar-refractivity contribution >= 4 is 11.7 Å². The van der Waals surface area contributed by atoms with Gasteiger partial charge in [-0.05, 0) is 60.9 Å². The molecule has 1 fully saturated rings. The number of nitrogens with zero attached hydrogens (tertiary/aromatic N) is 1. The van der Waals surface area contributed by atoms with Crippen LogP contribution in [-0.4, -0.2) is 23.1 Å². The van der Waals surface area contributed by atoms with Crippen LogP contribution in [0.1, 0.15) is 41.5 Å². The lowest BCUT2D eigenvalue weighted by atomic mass is 9.90. The highest BCUT2D eigenvalue weighted by Gasteiger charge is 2.40. The second-order valence-corrected chi connectivity index (χ2v) is 7.39. The van der Waals surface area contributed by atoms with Gasteiger partial charge < -0.3 is 4.74 Å². The summed E-state index contributed by atoms with van der Waals surface area (Å²) < 4.78 is 5.59. The molecule has 0 saturated carbocycles. The van der Waals surface area contributed by atoms with E-state index >= 15 is 0 Å². The smallest absolute Gasteiger partial charge is 0.410 e. The third kappa shape index (κ3) is 3.14. The van der Waals surface area contributed by atoms with Gasteiger partial charge in [-0.3, -0.25) is 4.90 Å². The van der Waals surface area contributed by atoms with E-state index in [-0.39, 0.29) is 18.2 Å². The molecule has 3 heteroatoms. The van der Waals surface area contributed by atoms with Gasteiger partial charge in [0, 0.05) is 6.04 Å². The standard InChI is InChI=1S/C23H25NO2/c1-16-7-6-10-22(17(16)2)19-13-20-11-12-21(14-19)24(20)23(25)26-15-18-8-4-3-5-9-18/h3-10,13,20-21H,11-12,14-15H2,1-2H3. The Morgan fingerprint density at radius 2 is 1.88 bits per heavy atom. The quantitative estimate of drug-likeness (QED) is 0.758. The van der Waals surface area contributed by atoms with E-state index in [0.717, 1.165) is 24.8 Å². The molecular weight excluding hydrogens is 322 g/mol. The van der Waals surface area contributed by atoms with Gasteiger partial charge in [-0.1, -0.05) is 54.6 Å². The summed E-state index contributed by atoms with van der Waals surface area (Å²) in [4.78, 5) is 14.6. The van der Waals surface area contributed by atoms with Crippen LogP contribution in [0.4, 0.5) is 4.79 Å². The van der Waals surface area contributed by atoms with Crippen molar-refractivity contribution in [2.45, 2.75) is 51.8 Å². The van der Waals surface area contributed by atoms with E-state index in [1.54, 1.807) is 0 Å². The van der Waals surface area contributed by atoms with Gasteiger partial charge in [0.05, 0.1) is 6.04 Å². The summed E-state index contributed by atoms with van der Waals surface area (Å²) in [7, 11) is 0. The molecule has 2 bridgehead atoms. The Kier molecular flexibility index (Phi) is 4.54. The van der Waals surface area contributed by atoms with Gasteiger partial charge in [0.1, 0.15) is 6.61 Å². The molecule has 0 aliphatic carbocycles. The molecule has 2 aromatic carbocycles. The Labute approximate surface area is 155 Å². The number of fused-ring (bicyclic) bond motifs is 2. The number of amides is 1. The molecule has 3 nitrogen and oxygen atoms in total. The lowest BCUT2D eigenvalue weighted by molar-refractivity contribution is 0.0832. The highest BCUT2D eigenvalue weighted by Crippen LogP contribution is 2.40. The Morgan fingerprint density at radius 3 is 2.65 bits per heavy atom. The van der Waals surface area contributed by atoms with E-state index in [4.69, 9.17) is 4.74 Å². The van der Waals surface area contributed by atoms with Gasteiger partial charge in [-0.25, -0.2) is 4.79 Å². The molecule has 4 rings (SSSR count). The fourth-order valence-electron chi connectivity index (χ4n) is 4.21. The van der Waals surface area contributed by atoms with Crippen molar-refractivity contribution in [1.29, 1.82) is 0 Å². The zero-order chi connectivity index (χ0) is 18.1. The first kappa shape index (κ1) is 16.9. The average Bonchev–Trinajstić information content (AvgIpc) is 2.93. The summed E-state index contributed by atoms with van der Waals surface area (Å²) >= 11 is 0. The Hall–Kier alpha value is -2.55. The average molecular weight is 347 g/mol. The molecule has 2 heterocycles. The summed E-state index contributed by atoms with van der Waals surface area (Å²) in [6.07, 6.45) is 5.10. The van der Waals surface area contributed by atoms with Crippen LogP contribution in [-0.2, 0) is 11.3 Å². The van der Waals surface area contributed by atoms with Crippen molar-refractivity contribution < 1.29 is 9.53 Å². The van der Waals surface area contributed by atoms with Crippen LogP contribution in [0.15, 0.2) is 54.6 Å². The first-order valence-electron chi connectivity index (χ1n) is 9.40. The van der Waals surface area contributed by atoms with Crippen molar-refractivity contribution in [3.05, 3.63) is 76.9 Å². The maximum absolute atomic E-state index is 12.7. The van der Waals surface area contributed by atoms with E-state index in [9.17, 15) is 4.79 Å². The predicted octanol–water partition coefficient (Wildman–Crippen LogP) is 5.26. The third-order valence-corrected chi connectivity index (χ3v) is 5.76. The molecule has 134 valence electrons. The van der Waals surface area contributed by atoms with Gasteiger partial charge in [-0.2, -0.15) is 0 Å². The van der Waals surface area contributed by atoms with Crippen LogP contribution in [0.3, 0.4) is 0 Å². The van der Waals surface area contributed by atoms with Crippen LogP contribution in [0.25, 0.3) is 5.57 Å². The van der Waals surface area contributed by atoms with Gasteiger partial charge in [0.25, 0.3) is 0 Å². The van der Waals surface area contributed by atoms with Crippen LogP contribution in [0.2, 0.25) is 0 Å². The van der Waals surface area contributed by atoms with Crippen molar-refractivity contribution in [2.75, 3.05) is 0 Å². The maximum atomic E-state index is 12.7. The molecule has 1 saturated heterocycles. The maximum Gasteiger partial charge on any atom is 0.410 e. The lowest BCUT2D eigenvalue weighted by Gasteiger charge is -2.33. The molecule has 0 aromatic heterocycles. The van der Waals surface area contributed by atoms with E-state index in [1.807, 2.05) is 35.2 Å². The van der Waals surface area contributed by atoms with E-state index in [2.05, 4.69) is 38.1 Å². The number of hydrogen-bond donors (Lipinski definition) is 0. The SMILES string of the molecule is Cc1cccc(C2=CC3CCC(C2)N3C(=O)OCc2ccccc2)c1C. The fourth-order valence-corrected chi connectivity index (χ4v) is 4.21. The minimum atomic E-state index is -0.183. The Bertz CT molecular complexity index is 841. The van der Waals surface area contributed by atoms with Crippen LogP contribution >= 0.6 is 0 Å². The molecule has 2 aliphatic heterocycles. The highest BCUT2D eigenvalue weighted by atomic mass is 16.6. The molecule has 0 radical (unpaired) electrons. The number of aryl methyl sites for hydroxylation is 1. The number of benzene rings is 2.